The Balaban J connectivity index is 1.14. The summed E-state index contributed by atoms with van der Waals surface area (Å²) < 4.78 is 4.79. The lowest BCUT2D eigenvalue weighted by atomic mass is 9.75. The van der Waals surface area contributed by atoms with Crippen molar-refractivity contribution >= 4 is 60.2 Å². The van der Waals surface area contributed by atoms with Crippen LogP contribution < -0.4 is 0 Å². The zero-order chi connectivity index (χ0) is 35.3. The third-order valence-corrected chi connectivity index (χ3v) is 11.8. The van der Waals surface area contributed by atoms with Gasteiger partial charge in [0.25, 0.3) is 0 Å². The average Bonchev–Trinajstić information content (AvgIpc) is 3.80. The van der Waals surface area contributed by atoms with Gasteiger partial charge in [0.1, 0.15) is 5.65 Å². The van der Waals surface area contributed by atoms with E-state index in [4.69, 9.17) is 4.98 Å². The highest BCUT2D eigenvalue weighted by Gasteiger charge is 2.27. The second kappa shape index (κ2) is 11.3. The molecule has 0 N–H and O–H groups in total. The molecule has 0 radical (unpaired) electrons. The molecule has 3 heteroatoms. The molecule has 54 heavy (non-hydrogen) atoms. The van der Waals surface area contributed by atoms with Crippen molar-refractivity contribution in [3.8, 4) is 27.9 Å². The summed E-state index contributed by atoms with van der Waals surface area (Å²) in [4.78, 5) is 5.18. The molecule has 11 aromatic rings. The van der Waals surface area contributed by atoms with E-state index in [1.807, 2.05) is 0 Å². The highest BCUT2D eigenvalue weighted by Crippen LogP contribution is 2.45. The fraction of sp³-hybridized carbons (Fsp3) is 0.0392. The fourth-order valence-electron chi connectivity index (χ4n) is 9.46. The first-order valence-corrected chi connectivity index (χ1v) is 18.8. The van der Waals surface area contributed by atoms with Crippen molar-refractivity contribution in [2.45, 2.75) is 12.3 Å². The van der Waals surface area contributed by atoms with Gasteiger partial charge in [-0.25, -0.2) is 4.98 Å². The summed E-state index contributed by atoms with van der Waals surface area (Å²) in [6.07, 6.45) is 0.955. The molecule has 0 fully saturated rings. The molecule has 0 bridgehead atoms. The van der Waals surface area contributed by atoms with Crippen molar-refractivity contribution in [1.29, 1.82) is 0 Å². The van der Waals surface area contributed by atoms with Crippen LogP contribution in [0.15, 0.2) is 182 Å². The molecule has 252 valence electrons. The summed E-state index contributed by atoms with van der Waals surface area (Å²) >= 11 is 0. The minimum absolute atomic E-state index is 0.209. The summed E-state index contributed by atoms with van der Waals surface area (Å²) in [5.74, 6) is 0.209. The molecule has 1 aliphatic rings. The molecule has 8 aromatic carbocycles. The van der Waals surface area contributed by atoms with Crippen LogP contribution in [0.3, 0.4) is 0 Å². The van der Waals surface area contributed by atoms with Crippen molar-refractivity contribution in [3.05, 3.63) is 199 Å². The van der Waals surface area contributed by atoms with Crippen LogP contribution in [0.5, 0.6) is 0 Å². The SMILES string of the molecule is c1ccc2c(c1)CC(c1cc(-c3ccc4c(c3)c3ccccc3n3c5ccccc5nc43)cc(-n3c4ccccc4c4ccccc43)c1)c1ccccc1-2. The third kappa shape index (κ3) is 4.21. The molecule has 0 saturated heterocycles. The topological polar surface area (TPSA) is 22.2 Å². The van der Waals surface area contributed by atoms with Crippen LogP contribution in [0.25, 0.3) is 88.1 Å². The minimum Gasteiger partial charge on any atom is -0.309 e. The van der Waals surface area contributed by atoms with Gasteiger partial charge in [-0.3, -0.25) is 4.40 Å². The van der Waals surface area contributed by atoms with Gasteiger partial charge in [-0.2, -0.15) is 0 Å². The average molecular weight is 688 g/mol. The van der Waals surface area contributed by atoms with Gasteiger partial charge >= 0.3 is 0 Å². The smallest absolute Gasteiger partial charge is 0.146 e. The largest absolute Gasteiger partial charge is 0.309 e. The molecule has 3 nitrogen and oxygen atoms in total. The molecule has 1 unspecified atom stereocenters. The second-order valence-electron chi connectivity index (χ2n) is 14.7. The van der Waals surface area contributed by atoms with Crippen LogP contribution in [0.4, 0.5) is 0 Å². The summed E-state index contributed by atoms with van der Waals surface area (Å²) in [6, 6.07) is 67.1. The van der Waals surface area contributed by atoms with E-state index >= 15 is 0 Å². The first-order chi connectivity index (χ1) is 26.8. The number of benzene rings is 8. The Bertz CT molecular complexity index is 3270. The molecular weight excluding hydrogens is 655 g/mol. The minimum atomic E-state index is 0.209. The summed E-state index contributed by atoms with van der Waals surface area (Å²) in [5.41, 5.74) is 17.1. The van der Waals surface area contributed by atoms with Gasteiger partial charge in [0.05, 0.1) is 27.6 Å². The van der Waals surface area contributed by atoms with Crippen molar-refractivity contribution in [2.24, 2.45) is 0 Å². The van der Waals surface area contributed by atoms with Crippen molar-refractivity contribution in [2.75, 3.05) is 0 Å². The van der Waals surface area contributed by atoms with Crippen LogP contribution in [0.1, 0.15) is 22.6 Å². The predicted octanol–water partition coefficient (Wildman–Crippen LogP) is 12.9. The van der Waals surface area contributed by atoms with Gasteiger partial charge in [-0.15, -0.1) is 0 Å². The third-order valence-electron chi connectivity index (χ3n) is 11.8. The summed E-state index contributed by atoms with van der Waals surface area (Å²) in [7, 11) is 0. The number of nitrogens with zero attached hydrogens (tertiary/aromatic N) is 3. The van der Waals surface area contributed by atoms with E-state index in [9.17, 15) is 0 Å². The lowest BCUT2D eigenvalue weighted by Gasteiger charge is -2.29. The number of hydrogen-bond donors (Lipinski definition) is 0. The van der Waals surface area contributed by atoms with Crippen LogP contribution in [0, 0.1) is 0 Å². The molecule has 3 aromatic heterocycles. The van der Waals surface area contributed by atoms with E-state index in [-0.39, 0.29) is 5.92 Å². The molecular formula is C51H33N3. The molecule has 12 rings (SSSR count). The number of aromatic nitrogens is 3. The number of hydrogen-bond acceptors (Lipinski definition) is 1. The highest BCUT2D eigenvalue weighted by atomic mass is 15.0. The van der Waals surface area contributed by atoms with E-state index in [1.54, 1.807) is 0 Å². The summed E-state index contributed by atoms with van der Waals surface area (Å²) in [5, 5.41) is 6.13. The van der Waals surface area contributed by atoms with E-state index in [2.05, 4.69) is 191 Å². The van der Waals surface area contributed by atoms with Gasteiger partial charge < -0.3 is 4.57 Å². The van der Waals surface area contributed by atoms with Crippen LogP contribution >= 0.6 is 0 Å². The number of pyridine rings is 1. The standard InChI is InChI=1S/C51H33N3/c1-2-14-37-33(13-1)31-44(39-16-4-3-15-38(37)39)35-27-34(28-36(29-35)53-47-21-9-5-17-40(47)41-18-6-10-22-48(41)53)32-25-26-43-45(30-32)42-19-7-11-23-49(42)54-50-24-12-8-20-46(50)52-51(43)54/h1-30,44H,31H2. The first kappa shape index (κ1) is 29.6. The predicted molar refractivity (Wildman–Crippen MR) is 225 cm³/mol. The Morgan fingerprint density at radius 2 is 1.07 bits per heavy atom. The fourth-order valence-corrected chi connectivity index (χ4v) is 9.46. The molecule has 0 saturated carbocycles. The zero-order valence-corrected chi connectivity index (χ0v) is 29.4. The summed E-state index contributed by atoms with van der Waals surface area (Å²) in [6.45, 7) is 0. The molecule has 0 aliphatic heterocycles. The number of para-hydroxylation sites is 5. The first-order valence-electron chi connectivity index (χ1n) is 18.8. The van der Waals surface area contributed by atoms with Crippen molar-refractivity contribution < 1.29 is 0 Å². The van der Waals surface area contributed by atoms with E-state index in [0.717, 1.165) is 28.5 Å². The Morgan fingerprint density at radius 1 is 0.444 bits per heavy atom. The second-order valence-corrected chi connectivity index (χ2v) is 14.7. The Hall–Kier alpha value is -6.97. The maximum atomic E-state index is 5.18. The Kier molecular flexibility index (Phi) is 6.17. The normalized spacial score (nSPS) is 14.0. The van der Waals surface area contributed by atoms with E-state index in [0.29, 0.717) is 0 Å². The van der Waals surface area contributed by atoms with Gasteiger partial charge in [0.2, 0.25) is 0 Å². The van der Waals surface area contributed by atoms with Gasteiger partial charge in [0.15, 0.2) is 0 Å². The zero-order valence-electron chi connectivity index (χ0n) is 29.4. The van der Waals surface area contributed by atoms with Crippen molar-refractivity contribution in [3.63, 3.8) is 0 Å². The maximum Gasteiger partial charge on any atom is 0.146 e. The Labute approximate surface area is 312 Å². The molecule has 0 spiro atoms. The monoisotopic (exact) mass is 687 g/mol. The molecule has 1 atom stereocenters. The number of fused-ring (bicyclic) bond motifs is 14. The lowest BCUT2D eigenvalue weighted by molar-refractivity contribution is 0.793. The van der Waals surface area contributed by atoms with Crippen molar-refractivity contribution in [1.82, 2.24) is 14.0 Å². The van der Waals surface area contributed by atoms with Crippen LogP contribution in [-0.4, -0.2) is 14.0 Å². The highest BCUT2D eigenvalue weighted by molar-refractivity contribution is 6.15. The number of imidazole rings is 1. The van der Waals surface area contributed by atoms with Crippen LogP contribution in [-0.2, 0) is 6.42 Å². The molecule has 3 heterocycles. The van der Waals surface area contributed by atoms with E-state index in [1.165, 1.54) is 82.7 Å². The number of rotatable bonds is 3. The molecule has 1 aliphatic carbocycles. The quantitative estimate of drug-likeness (QED) is 0.170. The van der Waals surface area contributed by atoms with Gasteiger partial charge in [0, 0.05) is 33.2 Å². The molecule has 0 amide bonds. The Morgan fingerprint density at radius 3 is 1.87 bits per heavy atom. The van der Waals surface area contributed by atoms with E-state index < -0.39 is 0 Å². The van der Waals surface area contributed by atoms with Gasteiger partial charge in [-0.1, -0.05) is 127 Å². The maximum absolute atomic E-state index is 5.18. The van der Waals surface area contributed by atoms with Gasteiger partial charge in [-0.05, 0) is 105 Å². The van der Waals surface area contributed by atoms with Crippen LogP contribution in [0.2, 0.25) is 0 Å². The lowest BCUT2D eigenvalue weighted by Crippen LogP contribution is -2.13.